The lowest BCUT2D eigenvalue weighted by molar-refractivity contribution is -0.155. The third-order valence-corrected chi connectivity index (χ3v) is 5.94. The number of para-hydroxylation sites is 1. The number of amides is 2. The van der Waals surface area contributed by atoms with Crippen molar-refractivity contribution in [1.29, 1.82) is 0 Å². The van der Waals surface area contributed by atoms with E-state index in [2.05, 4.69) is 0 Å². The summed E-state index contributed by atoms with van der Waals surface area (Å²) in [5, 5.41) is 0.466. The molecule has 0 saturated carbocycles. The second-order valence-electron chi connectivity index (χ2n) is 7.33. The first-order chi connectivity index (χ1) is 14.0. The molecule has 6 nitrogen and oxygen atoms in total. The number of esters is 1. The van der Waals surface area contributed by atoms with Crippen molar-refractivity contribution in [1.82, 2.24) is 4.90 Å². The highest BCUT2D eigenvalue weighted by atomic mass is 35.5. The zero-order chi connectivity index (χ0) is 20.5. The molecule has 0 bridgehead atoms. The summed E-state index contributed by atoms with van der Waals surface area (Å²) in [5.74, 6) is -1.34. The number of rotatable bonds is 3. The number of nitrogens with zero attached hydrogens (tertiary/aromatic N) is 2. The van der Waals surface area contributed by atoms with E-state index >= 15 is 0 Å². The molecule has 150 valence electrons. The fourth-order valence-corrected chi connectivity index (χ4v) is 4.35. The Morgan fingerprint density at radius 2 is 1.72 bits per heavy atom. The molecule has 0 aliphatic carbocycles. The van der Waals surface area contributed by atoms with Gasteiger partial charge in [-0.1, -0.05) is 48.0 Å². The van der Waals surface area contributed by atoms with Crippen molar-refractivity contribution >= 4 is 35.1 Å². The van der Waals surface area contributed by atoms with Gasteiger partial charge in [0.05, 0.1) is 23.7 Å². The molecule has 1 saturated heterocycles. The zero-order valence-electron chi connectivity index (χ0n) is 16.0. The molecule has 2 aliphatic rings. The van der Waals surface area contributed by atoms with E-state index in [1.54, 1.807) is 34.1 Å². The molecule has 0 spiro atoms. The van der Waals surface area contributed by atoms with E-state index in [-0.39, 0.29) is 24.8 Å². The molecule has 2 unspecified atom stereocenters. The van der Waals surface area contributed by atoms with E-state index in [1.165, 1.54) is 7.11 Å². The highest BCUT2D eigenvalue weighted by Gasteiger charge is 2.42. The van der Waals surface area contributed by atoms with Crippen LogP contribution in [0.2, 0.25) is 5.02 Å². The van der Waals surface area contributed by atoms with Gasteiger partial charge in [-0.15, -0.1) is 0 Å². The largest absolute Gasteiger partial charge is 0.467 e. The van der Waals surface area contributed by atoms with E-state index in [9.17, 15) is 14.4 Å². The van der Waals surface area contributed by atoms with Gasteiger partial charge in [0, 0.05) is 25.9 Å². The number of methoxy groups -OCH3 is 1. The lowest BCUT2D eigenvalue weighted by atomic mass is 9.92. The summed E-state index contributed by atoms with van der Waals surface area (Å²) >= 11 is 6.23. The lowest BCUT2D eigenvalue weighted by Gasteiger charge is -2.36. The van der Waals surface area contributed by atoms with E-state index in [1.807, 2.05) is 24.3 Å². The Kier molecular flexibility index (Phi) is 5.28. The van der Waals surface area contributed by atoms with Crippen molar-refractivity contribution in [3.63, 3.8) is 0 Å². The minimum absolute atomic E-state index is 0.0933. The first-order valence-corrected chi connectivity index (χ1v) is 9.87. The molecule has 2 heterocycles. The van der Waals surface area contributed by atoms with Crippen LogP contribution in [0, 0.1) is 5.92 Å². The Labute approximate surface area is 174 Å². The minimum atomic E-state index is -0.688. The Hall–Kier alpha value is -2.86. The topological polar surface area (TPSA) is 66.9 Å². The Balaban J connectivity index is 1.59. The van der Waals surface area contributed by atoms with Crippen molar-refractivity contribution in [3.05, 3.63) is 64.7 Å². The van der Waals surface area contributed by atoms with Crippen LogP contribution in [0.4, 0.5) is 5.69 Å². The van der Waals surface area contributed by atoms with Crippen LogP contribution >= 0.6 is 11.6 Å². The van der Waals surface area contributed by atoms with Gasteiger partial charge < -0.3 is 14.5 Å². The smallest absolute Gasteiger partial charge is 0.328 e. The van der Waals surface area contributed by atoms with Crippen LogP contribution < -0.4 is 4.90 Å². The van der Waals surface area contributed by atoms with Crippen molar-refractivity contribution in [2.75, 3.05) is 18.6 Å². The fourth-order valence-electron chi connectivity index (χ4n) is 4.11. The predicted molar refractivity (Wildman–Crippen MR) is 108 cm³/mol. The lowest BCUT2D eigenvalue weighted by Crippen LogP contribution is -2.51. The third kappa shape index (κ3) is 3.60. The molecule has 1 fully saturated rings. The van der Waals surface area contributed by atoms with Gasteiger partial charge >= 0.3 is 5.97 Å². The number of carbonyl (C=O) groups is 3. The number of anilines is 1. The average molecular weight is 413 g/mol. The summed E-state index contributed by atoms with van der Waals surface area (Å²) in [6.07, 6.45) is 0.500. The zero-order valence-corrected chi connectivity index (χ0v) is 16.8. The van der Waals surface area contributed by atoms with Gasteiger partial charge in [-0.25, -0.2) is 4.79 Å². The summed E-state index contributed by atoms with van der Waals surface area (Å²) in [6, 6.07) is 14.1. The first kappa shape index (κ1) is 19.5. The standard InChI is InChI=1S/C22H21ClN2O4/c1-29-22(28)19-10-14-6-2-3-7-15(14)12-25(19)21(27)16-11-20(26)24(13-16)18-9-5-4-8-17(18)23/h2-9,16,19H,10-13H2,1H3. The van der Waals surface area contributed by atoms with Gasteiger partial charge in [-0.3, -0.25) is 9.59 Å². The number of carbonyl (C=O) groups excluding carboxylic acids is 3. The van der Waals surface area contributed by atoms with Gasteiger partial charge in [0.1, 0.15) is 6.04 Å². The molecule has 29 heavy (non-hydrogen) atoms. The van der Waals surface area contributed by atoms with Crippen molar-refractivity contribution in [2.45, 2.75) is 25.4 Å². The van der Waals surface area contributed by atoms with Crippen LogP contribution in [0.25, 0.3) is 0 Å². The molecule has 2 atom stereocenters. The molecular formula is C22H21ClN2O4. The number of hydrogen-bond donors (Lipinski definition) is 0. The summed E-state index contributed by atoms with van der Waals surface area (Å²) in [6.45, 7) is 0.568. The fraction of sp³-hybridized carbons (Fsp3) is 0.318. The molecule has 2 aromatic rings. The van der Waals surface area contributed by atoms with Crippen molar-refractivity contribution < 1.29 is 19.1 Å². The maximum absolute atomic E-state index is 13.4. The van der Waals surface area contributed by atoms with Crippen LogP contribution in [0.15, 0.2) is 48.5 Å². The maximum atomic E-state index is 13.4. The molecular weight excluding hydrogens is 392 g/mol. The van der Waals surface area contributed by atoms with Crippen LogP contribution in [-0.2, 0) is 32.1 Å². The van der Waals surface area contributed by atoms with E-state index in [0.29, 0.717) is 23.7 Å². The van der Waals surface area contributed by atoms with Gasteiger partial charge in [-0.2, -0.15) is 0 Å². The van der Waals surface area contributed by atoms with E-state index < -0.39 is 17.9 Å². The summed E-state index contributed by atoms with van der Waals surface area (Å²) in [4.78, 5) is 41.5. The monoisotopic (exact) mass is 412 g/mol. The molecule has 0 N–H and O–H groups in total. The number of fused-ring (bicyclic) bond motifs is 1. The predicted octanol–water partition coefficient (Wildman–Crippen LogP) is 2.82. The second-order valence-corrected chi connectivity index (χ2v) is 7.74. The quantitative estimate of drug-likeness (QED) is 0.727. The van der Waals surface area contributed by atoms with Gasteiger partial charge in [0.15, 0.2) is 0 Å². The first-order valence-electron chi connectivity index (χ1n) is 9.49. The van der Waals surface area contributed by atoms with E-state index in [0.717, 1.165) is 11.1 Å². The summed E-state index contributed by atoms with van der Waals surface area (Å²) < 4.78 is 4.95. The Morgan fingerprint density at radius 1 is 1.03 bits per heavy atom. The van der Waals surface area contributed by atoms with Crippen LogP contribution in [0.5, 0.6) is 0 Å². The molecule has 2 aliphatic heterocycles. The highest BCUT2D eigenvalue weighted by Crippen LogP contribution is 2.33. The maximum Gasteiger partial charge on any atom is 0.328 e. The molecule has 0 radical (unpaired) electrons. The minimum Gasteiger partial charge on any atom is -0.467 e. The number of benzene rings is 2. The number of halogens is 1. The van der Waals surface area contributed by atoms with Gasteiger partial charge in [0.2, 0.25) is 11.8 Å². The second kappa shape index (κ2) is 7.87. The van der Waals surface area contributed by atoms with Crippen molar-refractivity contribution in [3.8, 4) is 0 Å². The van der Waals surface area contributed by atoms with Crippen LogP contribution in [-0.4, -0.2) is 42.4 Å². The third-order valence-electron chi connectivity index (χ3n) is 5.62. The normalized spacial score (nSPS) is 21.1. The SMILES string of the molecule is COC(=O)C1Cc2ccccc2CN1C(=O)C1CC(=O)N(c2ccccc2Cl)C1. The molecule has 2 amide bonds. The van der Waals surface area contributed by atoms with Gasteiger partial charge in [-0.05, 0) is 23.3 Å². The average Bonchev–Trinajstić information content (AvgIpc) is 3.13. The summed E-state index contributed by atoms with van der Waals surface area (Å²) in [7, 11) is 1.32. The van der Waals surface area contributed by atoms with Crippen molar-refractivity contribution in [2.24, 2.45) is 5.92 Å². The van der Waals surface area contributed by atoms with Crippen LogP contribution in [0.3, 0.4) is 0 Å². The van der Waals surface area contributed by atoms with Crippen LogP contribution in [0.1, 0.15) is 17.5 Å². The van der Waals surface area contributed by atoms with Gasteiger partial charge in [0.25, 0.3) is 0 Å². The number of ether oxygens (including phenoxy) is 1. The molecule has 0 aromatic heterocycles. The summed E-state index contributed by atoms with van der Waals surface area (Å²) in [5.41, 5.74) is 2.64. The van der Waals surface area contributed by atoms with E-state index in [4.69, 9.17) is 16.3 Å². The number of hydrogen-bond acceptors (Lipinski definition) is 4. The molecule has 4 rings (SSSR count). The Bertz CT molecular complexity index is 977. The Morgan fingerprint density at radius 3 is 2.45 bits per heavy atom. The highest BCUT2D eigenvalue weighted by molar-refractivity contribution is 6.33. The molecule has 7 heteroatoms. The molecule has 2 aromatic carbocycles.